The van der Waals surface area contributed by atoms with Gasteiger partial charge in [0.05, 0.1) is 27.0 Å². The molecule has 0 aliphatic heterocycles. The minimum Gasteiger partial charge on any atom is -0.349 e. The molecule has 0 spiro atoms. The summed E-state index contributed by atoms with van der Waals surface area (Å²) in [6.45, 7) is 2.27. The number of nitrogens with one attached hydrogen (secondary N) is 1. The highest BCUT2D eigenvalue weighted by Crippen LogP contribution is 2.32. The van der Waals surface area contributed by atoms with E-state index in [0.717, 1.165) is 20.1 Å². The Kier molecular flexibility index (Phi) is 5.66. The van der Waals surface area contributed by atoms with Crippen molar-refractivity contribution in [3.63, 3.8) is 0 Å². The lowest BCUT2D eigenvalue weighted by molar-refractivity contribution is -0.120. The molecule has 0 aliphatic rings. The van der Waals surface area contributed by atoms with Gasteiger partial charge in [0.2, 0.25) is 5.91 Å². The summed E-state index contributed by atoms with van der Waals surface area (Å²) >= 11 is 15.1. The van der Waals surface area contributed by atoms with E-state index in [2.05, 4.69) is 10.3 Å². The van der Waals surface area contributed by atoms with Crippen LogP contribution in [0.25, 0.3) is 10.2 Å². The number of carbonyl (C=O) groups is 1. The molecule has 124 valence electrons. The van der Waals surface area contributed by atoms with E-state index in [-0.39, 0.29) is 11.2 Å². The zero-order valence-corrected chi connectivity index (χ0v) is 15.9. The van der Waals surface area contributed by atoms with Crippen LogP contribution in [-0.4, -0.2) is 16.1 Å². The molecule has 0 saturated heterocycles. The number of rotatable bonds is 5. The first-order chi connectivity index (χ1) is 11.5. The van der Waals surface area contributed by atoms with Gasteiger partial charge in [-0.2, -0.15) is 0 Å². The van der Waals surface area contributed by atoms with Gasteiger partial charge in [0.1, 0.15) is 5.01 Å². The molecule has 0 aliphatic carbocycles. The molecule has 1 unspecified atom stereocenters. The van der Waals surface area contributed by atoms with E-state index in [1.54, 1.807) is 29.5 Å². The Morgan fingerprint density at radius 2 is 2.08 bits per heavy atom. The van der Waals surface area contributed by atoms with Crippen molar-refractivity contribution < 1.29 is 4.79 Å². The second-order valence-electron chi connectivity index (χ2n) is 5.13. The van der Waals surface area contributed by atoms with Crippen LogP contribution in [0.5, 0.6) is 0 Å². The Balaban J connectivity index is 1.60. The van der Waals surface area contributed by atoms with Crippen LogP contribution in [0.4, 0.5) is 0 Å². The summed E-state index contributed by atoms with van der Waals surface area (Å²) in [5, 5.41) is 4.73. The van der Waals surface area contributed by atoms with Gasteiger partial charge in [-0.25, -0.2) is 4.98 Å². The fourth-order valence-corrected chi connectivity index (χ4v) is 4.46. The van der Waals surface area contributed by atoms with Crippen LogP contribution in [0, 0.1) is 0 Å². The summed E-state index contributed by atoms with van der Waals surface area (Å²) in [6.07, 6.45) is 0. The fourth-order valence-electron chi connectivity index (χ4n) is 2.11. The highest BCUT2D eigenvalue weighted by Gasteiger charge is 2.16. The molecule has 1 amide bonds. The van der Waals surface area contributed by atoms with Crippen LogP contribution in [0.1, 0.15) is 11.9 Å². The van der Waals surface area contributed by atoms with Crippen molar-refractivity contribution in [3.05, 3.63) is 57.5 Å². The Morgan fingerprint density at radius 3 is 2.88 bits per heavy atom. The van der Waals surface area contributed by atoms with Gasteiger partial charge in [0.25, 0.3) is 0 Å². The maximum Gasteiger partial charge on any atom is 0.233 e. The summed E-state index contributed by atoms with van der Waals surface area (Å²) in [6, 6.07) is 13.2. The van der Waals surface area contributed by atoms with Crippen LogP contribution in [0.2, 0.25) is 10.0 Å². The molecule has 2 aromatic carbocycles. The molecule has 1 aromatic heterocycles. The summed E-state index contributed by atoms with van der Waals surface area (Å²) in [7, 11) is 0. The van der Waals surface area contributed by atoms with Gasteiger partial charge in [-0.1, -0.05) is 35.3 Å². The van der Waals surface area contributed by atoms with Crippen LogP contribution >= 0.6 is 46.3 Å². The number of para-hydroxylation sites is 1. The largest absolute Gasteiger partial charge is 0.349 e. The van der Waals surface area contributed by atoms with Crippen molar-refractivity contribution in [2.45, 2.75) is 23.6 Å². The van der Waals surface area contributed by atoms with Gasteiger partial charge in [0, 0.05) is 9.92 Å². The van der Waals surface area contributed by atoms with Crippen LogP contribution in [-0.2, 0) is 11.3 Å². The van der Waals surface area contributed by atoms with E-state index in [0.29, 0.717) is 16.6 Å². The van der Waals surface area contributed by atoms with Crippen molar-refractivity contribution in [1.29, 1.82) is 0 Å². The number of nitrogens with zero attached hydrogens (tertiary/aromatic N) is 1. The number of fused-ring (bicyclic) bond motifs is 1. The average molecular weight is 397 g/mol. The first-order valence-electron chi connectivity index (χ1n) is 7.27. The first-order valence-corrected chi connectivity index (χ1v) is 9.72. The predicted molar refractivity (Wildman–Crippen MR) is 103 cm³/mol. The highest BCUT2D eigenvalue weighted by atomic mass is 35.5. The highest BCUT2D eigenvalue weighted by molar-refractivity contribution is 8.00. The Hall–Kier alpha value is -1.27. The topological polar surface area (TPSA) is 42.0 Å². The number of amides is 1. The minimum atomic E-state index is -0.282. The first kappa shape index (κ1) is 17.5. The van der Waals surface area contributed by atoms with Crippen molar-refractivity contribution >= 4 is 62.4 Å². The summed E-state index contributed by atoms with van der Waals surface area (Å²) in [5.74, 6) is -0.0599. The maximum atomic E-state index is 12.3. The summed E-state index contributed by atoms with van der Waals surface area (Å²) < 4.78 is 1.12. The number of thiazole rings is 1. The Morgan fingerprint density at radius 1 is 1.29 bits per heavy atom. The number of halogens is 2. The van der Waals surface area contributed by atoms with Crippen molar-refractivity contribution in [3.8, 4) is 0 Å². The Bertz CT molecular complexity index is 849. The number of thioether (sulfide) groups is 1. The lowest BCUT2D eigenvalue weighted by Gasteiger charge is -2.12. The molecule has 3 rings (SSSR count). The molecule has 7 heteroatoms. The zero-order chi connectivity index (χ0) is 17.1. The minimum absolute atomic E-state index is 0.0599. The molecular weight excluding hydrogens is 383 g/mol. The number of hydrogen-bond donors (Lipinski definition) is 1. The third-order valence-corrected chi connectivity index (χ3v) is 6.19. The molecule has 0 fully saturated rings. The van der Waals surface area contributed by atoms with E-state index >= 15 is 0 Å². The molecule has 0 radical (unpaired) electrons. The SMILES string of the molecule is CC(Sc1cc(Cl)ccc1Cl)C(=O)NCc1nc2ccccc2s1. The quantitative estimate of drug-likeness (QED) is 0.586. The van der Waals surface area contributed by atoms with Gasteiger partial charge in [0.15, 0.2) is 0 Å². The third-order valence-electron chi connectivity index (χ3n) is 3.32. The van der Waals surface area contributed by atoms with E-state index in [1.807, 2.05) is 31.2 Å². The number of hydrogen-bond acceptors (Lipinski definition) is 4. The van der Waals surface area contributed by atoms with Crippen molar-refractivity contribution in [2.75, 3.05) is 0 Å². The molecule has 1 heterocycles. The zero-order valence-electron chi connectivity index (χ0n) is 12.8. The van der Waals surface area contributed by atoms with Crippen molar-refractivity contribution in [1.82, 2.24) is 10.3 Å². The Labute approximate surface area is 158 Å². The van der Waals surface area contributed by atoms with Crippen LogP contribution in [0.3, 0.4) is 0 Å². The summed E-state index contributed by atoms with van der Waals surface area (Å²) in [5.41, 5.74) is 0.958. The fraction of sp³-hybridized carbons (Fsp3) is 0.176. The molecule has 0 bridgehead atoms. The smallest absolute Gasteiger partial charge is 0.233 e. The molecular formula is C17H14Cl2N2OS2. The molecule has 3 aromatic rings. The third kappa shape index (κ3) is 4.22. The number of aromatic nitrogens is 1. The lowest BCUT2D eigenvalue weighted by Crippen LogP contribution is -2.30. The predicted octanol–water partition coefficient (Wildman–Crippen LogP) is 5.40. The normalized spacial score (nSPS) is 12.3. The van der Waals surface area contributed by atoms with Crippen molar-refractivity contribution in [2.24, 2.45) is 0 Å². The van der Waals surface area contributed by atoms with E-state index in [9.17, 15) is 4.79 Å². The number of benzene rings is 2. The second kappa shape index (κ2) is 7.74. The van der Waals surface area contributed by atoms with Gasteiger partial charge in [-0.15, -0.1) is 23.1 Å². The maximum absolute atomic E-state index is 12.3. The number of carbonyl (C=O) groups excluding carboxylic acids is 1. The second-order valence-corrected chi connectivity index (χ2v) is 8.47. The van der Waals surface area contributed by atoms with E-state index < -0.39 is 0 Å². The standard InChI is InChI=1S/C17H14Cl2N2OS2/c1-10(23-15-8-11(18)6-7-12(15)19)17(22)20-9-16-21-13-4-2-3-5-14(13)24-16/h2-8,10H,9H2,1H3,(H,20,22). The van der Waals surface area contributed by atoms with E-state index in [4.69, 9.17) is 23.2 Å². The molecule has 3 nitrogen and oxygen atoms in total. The lowest BCUT2D eigenvalue weighted by atomic mass is 10.3. The van der Waals surface area contributed by atoms with E-state index in [1.165, 1.54) is 11.8 Å². The monoisotopic (exact) mass is 396 g/mol. The molecule has 1 N–H and O–H groups in total. The molecule has 24 heavy (non-hydrogen) atoms. The van der Waals surface area contributed by atoms with Gasteiger partial charge < -0.3 is 5.32 Å². The van der Waals surface area contributed by atoms with Gasteiger partial charge >= 0.3 is 0 Å². The van der Waals surface area contributed by atoms with Crippen LogP contribution < -0.4 is 5.32 Å². The van der Waals surface area contributed by atoms with Gasteiger partial charge in [-0.3, -0.25) is 4.79 Å². The summed E-state index contributed by atoms with van der Waals surface area (Å²) in [4.78, 5) is 17.6. The van der Waals surface area contributed by atoms with Crippen LogP contribution in [0.15, 0.2) is 47.4 Å². The van der Waals surface area contributed by atoms with Gasteiger partial charge in [-0.05, 0) is 37.3 Å². The average Bonchev–Trinajstić information content (AvgIpc) is 2.98. The molecule has 0 saturated carbocycles. The molecule has 1 atom stereocenters.